The maximum Gasteiger partial charge on any atom is 0.0709 e. The molecule has 0 radical (unpaired) electrons. The number of hydrogen-bond acceptors (Lipinski definition) is 2. The van der Waals surface area contributed by atoms with E-state index in [2.05, 4.69) is 143 Å². The molecule has 0 bridgehead atoms. The first-order valence-corrected chi connectivity index (χ1v) is 11.6. The van der Waals surface area contributed by atoms with E-state index in [-0.39, 0.29) is 0 Å². The first kappa shape index (κ1) is 19.0. The molecule has 1 heterocycles. The third kappa shape index (κ3) is 2.89. The Morgan fingerprint density at radius 3 is 0.853 bits per heavy atom. The normalized spacial score (nSPS) is 12.6. The summed E-state index contributed by atoms with van der Waals surface area (Å²) in [5.41, 5.74) is 7.02. The van der Waals surface area contributed by atoms with Gasteiger partial charge in [-0.3, -0.25) is 0 Å². The lowest BCUT2D eigenvalue weighted by atomic mass is 9.98. The summed E-state index contributed by atoms with van der Waals surface area (Å²) >= 11 is 0. The molecule has 6 aromatic carbocycles. The van der Waals surface area contributed by atoms with Crippen LogP contribution >= 0.6 is 0 Å². The molecule has 0 spiro atoms. The number of hydrogen-bond donors (Lipinski definition) is 0. The van der Waals surface area contributed by atoms with Gasteiger partial charge >= 0.3 is 0 Å². The van der Waals surface area contributed by atoms with E-state index in [1.54, 1.807) is 0 Å². The highest BCUT2D eigenvalue weighted by molar-refractivity contribution is 6.09. The zero-order valence-corrected chi connectivity index (χ0v) is 18.6. The monoisotopic (exact) mass is 434 g/mol. The molecule has 0 aromatic heterocycles. The Morgan fingerprint density at radius 1 is 0.294 bits per heavy atom. The van der Waals surface area contributed by atoms with E-state index in [4.69, 9.17) is 0 Å². The van der Waals surface area contributed by atoms with Crippen LogP contribution in [0.1, 0.15) is 0 Å². The number of para-hydroxylation sites is 2. The summed E-state index contributed by atoms with van der Waals surface area (Å²) in [7, 11) is 0. The number of fused-ring (bicyclic) bond motifs is 4. The number of nitrogens with zero attached hydrogens (tertiary/aromatic N) is 2. The lowest BCUT2D eigenvalue weighted by Gasteiger charge is -2.41. The number of benzene rings is 6. The molecule has 0 unspecified atom stereocenters. The summed E-state index contributed by atoms with van der Waals surface area (Å²) in [5.74, 6) is 0. The predicted molar refractivity (Wildman–Crippen MR) is 144 cm³/mol. The van der Waals surface area contributed by atoms with Crippen LogP contribution in [0.3, 0.4) is 0 Å². The van der Waals surface area contributed by atoms with Gasteiger partial charge in [0.1, 0.15) is 0 Å². The van der Waals surface area contributed by atoms with Crippen molar-refractivity contribution in [3.05, 3.63) is 133 Å². The SMILES string of the molecule is c1ccc(N2c3cc4ccccc4cc3N(c3ccccc3)c3cc4ccccc4cc32)cc1. The van der Waals surface area contributed by atoms with Gasteiger partial charge in [-0.25, -0.2) is 0 Å². The fourth-order valence-electron chi connectivity index (χ4n) is 5.12. The fraction of sp³-hybridized carbons (Fsp3) is 0. The van der Waals surface area contributed by atoms with E-state index in [1.807, 2.05) is 0 Å². The van der Waals surface area contributed by atoms with Crippen LogP contribution in [0, 0.1) is 0 Å². The average Bonchev–Trinajstić information content (AvgIpc) is 2.90. The maximum atomic E-state index is 2.41. The molecule has 1 aliphatic heterocycles. The van der Waals surface area contributed by atoms with E-state index in [1.165, 1.54) is 44.3 Å². The van der Waals surface area contributed by atoms with Crippen LogP contribution in [0.25, 0.3) is 21.5 Å². The molecular weight excluding hydrogens is 412 g/mol. The molecule has 6 aromatic rings. The second-order valence-corrected chi connectivity index (χ2v) is 8.72. The van der Waals surface area contributed by atoms with Gasteiger partial charge in [-0.05, 0) is 70.1 Å². The minimum atomic E-state index is 1.16. The van der Waals surface area contributed by atoms with Crippen LogP contribution in [-0.4, -0.2) is 0 Å². The van der Waals surface area contributed by atoms with E-state index in [0.717, 1.165) is 11.4 Å². The van der Waals surface area contributed by atoms with Crippen LogP contribution in [0.4, 0.5) is 34.1 Å². The van der Waals surface area contributed by atoms with Gasteiger partial charge in [0.05, 0.1) is 22.7 Å². The van der Waals surface area contributed by atoms with Gasteiger partial charge in [0.25, 0.3) is 0 Å². The zero-order valence-electron chi connectivity index (χ0n) is 18.6. The smallest absolute Gasteiger partial charge is 0.0709 e. The zero-order chi connectivity index (χ0) is 22.5. The Balaban J connectivity index is 1.62. The molecule has 0 saturated carbocycles. The van der Waals surface area contributed by atoms with Gasteiger partial charge in [-0.2, -0.15) is 0 Å². The minimum Gasteiger partial charge on any atom is -0.306 e. The molecule has 7 rings (SSSR count). The number of anilines is 6. The fourth-order valence-corrected chi connectivity index (χ4v) is 5.12. The largest absolute Gasteiger partial charge is 0.306 e. The van der Waals surface area contributed by atoms with Crippen molar-refractivity contribution in [2.45, 2.75) is 0 Å². The van der Waals surface area contributed by atoms with Gasteiger partial charge in [0.2, 0.25) is 0 Å². The third-order valence-electron chi connectivity index (χ3n) is 6.68. The molecular formula is C32H22N2. The molecule has 2 heteroatoms. The predicted octanol–water partition coefficient (Wildman–Crippen LogP) is 9.25. The standard InChI is InChI=1S/C32H22N2/c1-3-15-27(16-4-1)33-29-19-23-11-7-9-13-25(23)21-31(29)34(28-17-5-2-6-18-28)32-22-26-14-10-8-12-24(26)20-30(32)33/h1-22H. The molecule has 2 nitrogen and oxygen atoms in total. The summed E-state index contributed by atoms with van der Waals surface area (Å²) in [6.45, 7) is 0. The lowest BCUT2D eigenvalue weighted by Crippen LogP contribution is -2.24. The second kappa shape index (κ2) is 7.50. The summed E-state index contributed by atoms with van der Waals surface area (Å²) < 4.78 is 0. The Morgan fingerprint density at radius 2 is 0.559 bits per heavy atom. The van der Waals surface area contributed by atoms with Crippen LogP contribution < -0.4 is 9.80 Å². The topological polar surface area (TPSA) is 6.48 Å². The molecule has 0 atom stereocenters. The molecule has 0 aliphatic carbocycles. The highest BCUT2D eigenvalue weighted by Crippen LogP contribution is 2.55. The van der Waals surface area contributed by atoms with Crippen molar-refractivity contribution >= 4 is 55.7 Å². The van der Waals surface area contributed by atoms with Crippen molar-refractivity contribution in [1.29, 1.82) is 0 Å². The van der Waals surface area contributed by atoms with Crippen molar-refractivity contribution in [2.75, 3.05) is 9.80 Å². The average molecular weight is 435 g/mol. The van der Waals surface area contributed by atoms with Crippen molar-refractivity contribution in [1.82, 2.24) is 0 Å². The highest BCUT2D eigenvalue weighted by Gasteiger charge is 2.31. The number of rotatable bonds is 2. The van der Waals surface area contributed by atoms with Gasteiger partial charge in [-0.15, -0.1) is 0 Å². The molecule has 0 fully saturated rings. The molecule has 1 aliphatic rings. The Bertz CT molecular complexity index is 1440. The third-order valence-corrected chi connectivity index (χ3v) is 6.68. The Hall–Kier alpha value is -4.56. The van der Waals surface area contributed by atoms with E-state index in [9.17, 15) is 0 Å². The van der Waals surface area contributed by atoms with E-state index >= 15 is 0 Å². The van der Waals surface area contributed by atoms with E-state index < -0.39 is 0 Å². The molecule has 0 N–H and O–H groups in total. The Labute approximate surface area is 198 Å². The van der Waals surface area contributed by atoms with Crippen LogP contribution in [0.2, 0.25) is 0 Å². The molecule has 0 saturated heterocycles. The van der Waals surface area contributed by atoms with Crippen molar-refractivity contribution in [3.63, 3.8) is 0 Å². The molecule has 34 heavy (non-hydrogen) atoms. The van der Waals surface area contributed by atoms with E-state index in [0.29, 0.717) is 0 Å². The molecule has 160 valence electrons. The first-order valence-electron chi connectivity index (χ1n) is 11.6. The minimum absolute atomic E-state index is 1.16. The first-order chi connectivity index (χ1) is 16.9. The highest BCUT2D eigenvalue weighted by atomic mass is 15.3. The Kier molecular flexibility index (Phi) is 4.18. The van der Waals surface area contributed by atoms with Crippen LogP contribution in [0.15, 0.2) is 133 Å². The summed E-state index contributed by atoms with van der Waals surface area (Å²) in [4.78, 5) is 4.81. The quantitative estimate of drug-likeness (QED) is 0.267. The van der Waals surface area contributed by atoms with Gasteiger partial charge < -0.3 is 9.80 Å². The van der Waals surface area contributed by atoms with Gasteiger partial charge in [-0.1, -0.05) is 84.9 Å². The lowest BCUT2D eigenvalue weighted by molar-refractivity contribution is 1.18. The van der Waals surface area contributed by atoms with Gasteiger partial charge in [0.15, 0.2) is 0 Å². The van der Waals surface area contributed by atoms with Crippen molar-refractivity contribution in [3.8, 4) is 0 Å². The van der Waals surface area contributed by atoms with Crippen LogP contribution in [-0.2, 0) is 0 Å². The summed E-state index contributed by atoms with van der Waals surface area (Å²) in [5, 5.41) is 4.94. The van der Waals surface area contributed by atoms with Gasteiger partial charge in [0, 0.05) is 11.4 Å². The van der Waals surface area contributed by atoms with Crippen LogP contribution in [0.5, 0.6) is 0 Å². The van der Waals surface area contributed by atoms with Crippen molar-refractivity contribution < 1.29 is 0 Å². The maximum absolute atomic E-state index is 2.41. The van der Waals surface area contributed by atoms with Crippen molar-refractivity contribution in [2.24, 2.45) is 0 Å². The molecule has 0 amide bonds. The summed E-state index contributed by atoms with van der Waals surface area (Å²) in [6, 6.07) is 47.9. The second-order valence-electron chi connectivity index (χ2n) is 8.72. The summed E-state index contributed by atoms with van der Waals surface area (Å²) in [6.07, 6.45) is 0.